The predicted octanol–water partition coefficient (Wildman–Crippen LogP) is 5.19. The SMILES string of the molecule is CCCCCCCC/C=C\CCCCC(O)CCC=O. The van der Waals surface area contributed by atoms with Crippen LogP contribution in [0.15, 0.2) is 12.2 Å². The van der Waals surface area contributed by atoms with E-state index in [1.54, 1.807) is 0 Å². The van der Waals surface area contributed by atoms with Crippen LogP contribution in [0.25, 0.3) is 0 Å². The van der Waals surface area contributed by atoms with Crippen LogP contribution in [0, 0.1) is 0 Å². The molecule has 0 fully saturated rings. The minimum absolute atomic E-state index is 0.285. The largest absolute Gasteiger partial charge is 0.393 e. The first-order chi connectivity index (χ1) is 9.81. The number of aliphatic hydroxyl groups is 1. The topological polar surface area (TPSA) is 37.3 Å². The van der Waals surface area contributed by atoms with E-state index in [2.05, 4.69) is 19.1 Å². The van der Waals surface area contributed by atoms with Gasteiger partial charge in [0.2, 0.25) is 0 Å². The minimum atomic E-state index is -0.285. The van der Waals surface area contributed by atoms with Crippen molar-refractivity contribution in [1.29, 1.82) is 0 Å². The summed E-state index contributed by atoms with van der Waals surface area (Å²) in [6, 6.07) is 0. The first kappa shape index (κ1) is 19.4. The summed E-state index contributed by atoms with van der Waals surface area (Å²) in [6.07, 6.45) is 19.9. The lowest BCUT2D eigenvalue weighted by Crippen LogP contribution is -2.05. The van der Waals surface area contributed by atoms with E-state index in [0.717, 1.165) is 32.0 Å². The molecular weight excluding hydrogens is 248 g/mol. The molecule has 0 amide bonds. The number of hydrogen-bond donors (Lipinski definition) is 1. The lowest BCUT2D eigenvalue weighted by Gasteiger charge is -2.07. The van der Waals surface area contributed by atoms with Crippen LogP contribution in [0.4, 0.5) is 0 Å². The summed E-state index contributed by atoms with van der Waals surface area (Å²) in [5, 5.41) is 9.56. The van der Waals surface area contributed by atoms with E-state index >= 15 is 0 Å². The average Bonchev–Trinajstić information content (AvgIpc) is 2.46. The van der Waals surface area contributed by atoms with E-state index < -0.39 is 0 Å². The molecule has 1 N–H and O–H groups in total. The number of carbonyl (C=O) groups is 1. The lowest BCUT2D eigenvalue weighted by molar-refractivity contribution is -0.108. The molecule has 2 nitrogen and oxygen atoms in total. The molecule has 0 aliphatic carbocycles. The maximum absolute atomic E-state index is 10.2. The summed E-state index contributed by atoms with van der Waals surface area (Å²) in [4.78, 5) is 10.2. The van der Waals surface area contributed by atoms with Crippen LogP contribution < -0.4 is 0 Å². The monoisotopic (exact) mass is 282 g/mol. The van der Waals surface area contributed by atoms with E-state index in [-0.39, 0.29) is 6.10 Å². The van der Waals surface area contributed by atoms with Crippen LogP contribution >= 0.6 is 0 Å². The van der Waals surface area contributed by atoms with Crippen molar-refractivity contribution in [1.82, 2.24) is 0 Å². The first-order valence-corrected chi connectivity index (χ1v) is 8.58. The van der Waals surface area contributed by atoms with Crippen molar-refractivity contribution >= 4 is 6.29 Å². The zero-order valence-electron chi connectivity index (χ0n) is 13.4. The Hall–Kier alpha value is -0.630. The fraction of sp³-hybridized carbons (Fsp3) is 0.833. The number of aliphatic hydroxyl groups excluding tert-OH is 1. The van der Waals surface area contributed by atoms with Crippen LogP contribution in [-0.2, 0) is 4.79 Å². The lowest BCUT2D eigenvalue weighted by atomic mass is 10.1. The van der Waals surface area contributed by atoms with E-state index in [1.165, 1.54) is 44.9 Å². The highest BCUT2D eigenvalue weighted by Gasteiger charge is 2.02. The van der Waals surface area contributed by atoms with Crippen LogP contribution in [-0.4, -0.2) is 17.5 Å². The molecule has 0 spiro atoms. The van der Waals surface area contributed by atoms with E-state index in [0.29, 0.717) is 12.8 Å². The number of allylic oxidation sites excluding steroid dienone is 2. The molecule has 1 unspecified atom stereocenters. The standard InChI is InChI=1S/C18H34O2/c1-2-3-4-5-6-7-8-9-10-11-12-13-15-18(20)16-14-17-19/h9-10,17-18,20H,2-8,11-16H2,1H3/b10-9-. The molecule has 0 aliphatic rings. The maximum Gasteiger partial charge on any atom is 0.120 e. The molecule has 0 aromatic carbocycles. The van der Waals surface area contributed by atoms with E-state index in [4.69, 9.17) is 0 Å². The van der Waals surface area contributed by atoms with Crippen LogP contribution in [0.3, 0.4) is 0 Å². The Balaban J connectivity index is 3.17. The van der Waals surface area contributed by atoms with Gasteiger partial charge in [-0.2, -0.15) is 0 Å². The fourth-order valence-electron chi connectivity index (χ4n) is 2.33. The smallest absolute Gasteiger partial charge is 0.120 e. The summed E-state index contributed by atoms with van der Waals surface area (Å²) in [5.41, 5.74) is 0. The molecule has 0 aromatic heterocycles. The summed E-state index contributed by atoms with van der Waals surface area (Å²) in [7, 11) is 0. The van der Waals surface area contributed by atoms with Gasteiger partial charge in [0, 0.05) is 6.42 Å². The second-order valence-electron chi connectivity index (χ2n) is 5.71. The highest BCUT2D eigenvalue weighted by atomic mass is 16.3. The molecule has 0 aliphatic heterocycles. The Kier molecular flexibility index (Phi) is 15.9. The molecular formula is C18H34O2. The van der Waals surface area contributed by atoms with Gasteiger partial charge in [-0.3, -0.25) is 0 Å². The molecule has 118 valence electrons. The van der Waals surface area contributed by atoms with Crippen LogP contribution in [0.5, 0.6) is 0 Å². The van der Waals surface area contributed by atoms with Crippen molar-refractivity contribution in [2.45, 2.75) is 96.5 Å². The van der Waals surface area contributed by atoms with E-state index in [1.807, 2.05) is 0 Å². The number of hydrogen-bond acceptors (Lipinski definition) is 2. The number of aldehydes is 1. The third kappa shape index (κ3) is 15.4. The van der Waals surface area contributed by atoms with Crippen molar-refractivity contribution in [3.8, 4) is 0 Å². The van der Waals surface area contributed by atoms with Gasteiger partial charge in [-0.1, -0.05) is 57.6 Å². The number of rotatable bonds is 15. The van der Waals surface area contributed by atoms with Gasteiger partial charge >= 0.3 is 0 Å². The molecule has 1 atom stereocenters. The van der Waals surface area contributed by atoms with Gasteiger partial charge < -0.3 is 9.90 Å². The first-order valence-electron chi connectivity index (χ1n) is 8.58. The highest BCUT2D eigenvalue weighted by Crippen LogP contribution is 2.10. The molecule has 2 heteroatoms. The van der Waals surface area contributed by atoms with Crippen molar-refractivity contribution in [2.24, 2.45) is 0 Å². The second-order valence-corrected chi connectivity index (χ2v) is 5.71. The molecule has 0 rings (SSSR count). The molecule has 20 heavy (non-hydrogen) atoms. The summed E-state index contributed by atoms with van der Waals surface area (Å²) >= 11 is 0. The van der Waals surface area contributed by atoms with Crippen molar-refractivity contribution in [3.05, 3.63) is 12.2 Å². The number of unbranched alkanes of at least 4 members (excludes halogenated alkanes) is 8. The van der Waals surface area contributed by atoms with Gasteiger partial charge in [0.15, 0.2) is 0 Å². The zero-order valence-corrected chi connectivity index (χ0v) is 13.4. The molecule has 0 heterocycles. The Morgan fingerprint density at radius 3 is 2.05 bits per heavy atom. The fourth-order valence-corrected chi connectivity index (χ4v) is 2.33. The van der Waals surface area contributed by atoms with Crippen LogP contribution in [0.1, 0.15) is 90.4 Å². The summed E-state index contributed by atoms with van der Waals surface area (Å²) < 4.78 is 0. The van der Waals surface area contributed by atoms with Crippen molar-refractivity contribution in [2.75, 3.05) is 0 Å². The third-order valence-electron chi connectivity index (χ3n) is 3.67. The Morgan fingerprint density at radius 2 is 1.40 bits per heavy atom. The Bertz CT molecular complexity index is 223. The third-order valence-corrected chi connectivity index (χ3v) is 3.67. The van der Waals surface area contributed by atoms with Crippen molar-refractivity contribution in [3.63, 3.8) is 0 Å². The molecule has 0 saturated heterocycles. The number of carbonyl (C=O) groups excluding carboxylic acids is 1. The highest BCUT2D eigenvalue weighted by molar-refractivity contribution is 5.49. The van der Waals surface area contributed by atoms with Crippen molar-refractivity contribution < 1.29 is 9.90 Å². The van der Waals surface area contributed by atoms with Crippen LogP contribution in [0.2, 0.25) is 0 Å². The average molecular weight is 282 g/mol. The quantitative estimate of drug-likeness (QED) is 0.255. The Labute approximate surface area is 125 Å². The zero-order chi connectivity index (χ0) is 14.9. The normalized spacial score (nSPS) is 12.9. The minimum Gasteiger partial charge on any atom is -0.393 e. The van der Waals surface area contributed by atoms with Gasteiger partial charge in [-0.25, -0.2) is 0 Å². The van der Waals surface area contributed by atoms with E-state index in [9.17, 15) is 9.90 Å². The molecule has 0 aromatic rings. The maximum atomic E-state index is 10.2. The predicted molar refractivity (Wildman–Crippen MR) is 86.9 cm³/mol. The molecule has 0 bridgehead atoms. The van der Waals surface area contributed by atoms with Gasteiger partial charge in [0.25, 0.3) is 0 Å². The van der Waals surface area contributed by atoms with Gasteiger partial charge in [0.05, 0.1) is 6.10 Å². The molecule has 0 radical (unpaired) electrons. The summed E-state index contributed by atoms with van der Waals surface area (Å²) in [6.45, 7) is 2.25. The van der Waals surface area contributed by atoms with Gasteiger partial charge in [0.1, 0.15) is 6.29 Å². The summed E-state index contributed by atoms with van der Waals surface area (Å²) in [5.74, 6) is 0. The Morgan fingerprint density at radius 1 is 0.800 bits per heavy atom. The van der Waals surface area contributed by atoms with Gasteiger partial charge in [-0.05, 0) is 38.5 Å². The second kappa shape index (κ2) is 16.4. The molecule has 0 saturated carbocycles. The van der Waals surface area contributed by atoms with Gasteiger partial charge in [-0.15, -0.1) is 0 Å².